The smallest absolute Gasteiger partial charge is 0.260 e. The zero-order valence-electron chi connectivity index (χ0n) is 12.1. The van der Waals surface area contributed by atoms with Crippen molar-refractivity contribution < 1.29 is 9.53 Å². The Morgan fingerprint density at radius 2 is 2.05 bits per heavy atom. The van der Waals surface area contributed by atoms with E-state index in [0.29, 0.717) is 12.5 Å². The van der Waals surface area contributed by atoms with Gasteiger partial charge in [-0.15, -0.1) is 12.4 Å². The number of para-hydroxylation sites is 1. The van der Waals surface area contributed by atoms with E-state index in [1.807, 2.05) is 36.9 Å². The molecule has 0 bridgehead atoms. The standard InChI is InChI=1S/C15H22N2O2.ClH/c1-11-4-3-5-12(2)15(11)19-10-14(18)17-7-6-13(8-16)9-17;/h3-5,13H,6-10,16H2,1-2H3;1H. The number of ether oxygens (including phenoxy) is 1. The van der Waals surface area contributed by atoms with E-state index < -0.39 is 0 Å². The molecule has 112 valence electrons. The number of amides is 1. The first-order chi connectivity index (χ1) is 9.11. The van der Waals surface area contributed by atoms with Crippen LogP contribution in [-0.4, -0.2) is 37.0 Å². The highest BCUT2D eigenvalue weighted by Crippen LogP contribution is 2.22. The highest BCUT2D eigenvalue weighted by Gasteiger charge is 2.25. The van der Waals surface area contributed by atoms with Gasteiger partial charge in [0.25, 0.3) is 5.91 Å². The number of nitrogens with two attached hydrogens (primary N) is 1. The monoisotopic (exact) mass is 298 g/mol. The van der Waals surface area contributed by atoms with E-state index in [9.17, 15) is 4.79 Å². The Morgan fingerprint density at radius 1 is 1.40 bits per heavy atom. The summed E-state index contributed by atoms with van der Waals surface area (Å²) in [6, 6.07) is 5.98. The maximum absolute atomic E-state index is 12.1. The number of carbonyl (C=O) groups is 1. The molecule has 1 aliphatic heterocycles. The zero-order valence-corrected chi connectivity index (χ0v) is 12.9. The van der Waals surface area contributed by atoms with Crippen LogP contribution in [0.25, 0.3) is 0 Å². The maximum Gasteiger partial charge on any atom is 0.260 e. The predicted octanol–water partition coefficient (Wildman–Crippen LogP) is 1.91. The van der Waals surface area contributed by atoms with Gasteiger partial charge < -0.3 is 15.4 Å². The van der Waals surface area contributed by atoms with E-state index in [-0.39, 0.29) is 24.9 Å². The first kappa shape index (κ1) is 16.8. The molecule has 1 unspecified atom stereocenters. The molecule has 0 aliphatic carbocycles. The Hall–Kier alpha value is -1.26. The molecule has 0 spiro atoms. The van der Waals surface area contributed by atoms with E-state index in [1.165, 1.54) is 0 Å². The van der Waals surface area contributed by atoms with Crippen LogP contribution in [0.15, 0.2) is 18.2 Å². The Kier molecular flexibility index (Phi) is 6.30. The van der Waals surface area contributed by atoms with Crippen LogP contribution in [0.2, 0.25) is 0 Å². The van der Waals surface area contributed by atoms with Crippen LogP contribution in [0.5, 0.6) is 5.75 Å². The van der Waals surface area contributed by atoms with Crippen LogP contribution in [0.3, 0.4) is 0 Å². The van der Waals surface area contributed by atoms with E-state index in [0.717, 1.165) is 36.4 Å². The predicted molar refractivity (Wildman–Crippen MR) is 82.4 cm³/mol. The van der Waals surface area contributed by atoms with Crippen LogP contribution in [0.4, 0.5) is 0 Å². The molecule has 1 atom stereocenters. The summed E-state index contributed by atoms with van der Waals surface area (Å²) in [5.74, 6) is 1.33. The van der Waals surface area contributed by atoms with Crippen molar-refractivity contribution in [1.82, 2.24) is 4.90 Å². The van der Waals surface area contributed by atoms with Crippen molar-refractivity contribution in [1.29, 1.82) is 0 Å². The first-order valence-corrected chi connectivity index (χ1v) is 6.78. The van der Waals surface area contributed by atoms with Gasteiger partial charge in [-0.1, -0.05) is 18.2 Å². The second kappa shape index (κ2) is 7.50. The highest BCUT2D eigenvalue weighted by molar-refractivity contribution is 5.85. The third-order valence-corrected chi connectivity index (χ3v) is 3.72. The minimum Gasteiger partial charge on any atom is -0.483 e. The van der Waals surface area contributed by atoms with Gasteiger partial charge in [0, 0.05) is 13.1 Å². The third-order valence-electron chi connectivity index (χ3n) is 3.72. The lowest BCUT2D eigenvalue weighted by Crippen LogP contribution is -2.33. The number of likely N-dealkylation sites (tertiary alicyclic amines) is 1. The van der Waals surface area contributed by atoms with Gasteiger partial charge in [0.15, 0.2) is 6.61 Å². The van der Waals surface area contributed by atoms with Gasteiger partial charge in [-0.25, -0.2) is 0 Å². The molecule has 20 heavy (non-hydrogen) atoms. The molecule has 5 heteroatoms. The molecule has 1 fully saturated rings. The van der Waals surface area contributed by atoms with Crippen LogP contribution >= 0.6 is 12.4 Å². The first-order valence-electron chi connectivity index (χ1n) is 6.78. The van der Waals surface area contributed by atoms with Crippen LogP contribution < -0.4 is 10.5 Å². The Morgan fingerprint density at radius 3 is 2.60 bits per heavy atom. The fourth-order valence-electron chi connectivity index (χ4n) is 2.50. The van der Waals surface area contributed by atoms with Crippen LogP contribution in [0.1, 0.15) is 17.5 Å². The van der Waals surface area contributed by atoms with Gasteiger partial charge in [-0.2, -0.15) is 0 Å². The lowest BCUT2D eigenvalue weighted by molar-refractivity contribution is -0.132. The van der Waals surface area contributed by atoms with Crippen molar-refractivity contribution >= 4 is 18.3 Å². The topological polar surface area (TPSA) is 55.6 Å². The van der Waals surface area contributed by atoms with Gasteiger partial charge in [0.1, 0.15) is 5.75 Å². The molecule has 2 N–H and O–H groups in total. The second-order valence-electron chi connectivity index (χ2n) is 5.24. The number of carbonyl (C=O) groups excluding carboxylic acids is 1. The minimum absolute atomic E-state index is 0. The van der Waals surface area contributed by atoms with Gasteiger partial charge in [0.2, 0.25) is 0 Å². The Bertz CT molecular complexity index is 445. The number of aryl methyl sites for hydroxylation is 2. The summed E-state index contributed by atoms with van der Waals surface area (Å²) in [5, 5.41) is 0. The van der Waals surface area contributed by atoms with Crippen molar-refractivity contribution in [2.45, 2.75) is 20.3 Å². The maximum atomic E-state index is 12.1. The van der Waals surface area contributed by atoms with Crippen LogP contribution in [-0.2, 0) is 4.79 Å². The molecule has 1 aromatic rings. The van der Waals surface area contributed by atoms with E-state index in [2.05, 4.69) is 0 Å². The quantitative estimate of drug-likeness (QED) is 0.924. The summed E-state index contributed by atoms with van der Waals surface area (Å²) in [4.78, 5) is 13.9. The van der Waals surface area contributed by atoms with Gasteiger partial charge in [-0.05, 0) is 43.9 Å². The van der Waals surface area contributed by atoms with E-state index >= 15 is 0 Å². The second-order valence-corrected chi connectivity index (χ2v) is 5.24. The Labute approximate surface area is 126 Å². The van der Waals surface area contributed by atoms with E-state index in [4.69, 9.17) is 10.5 Å². The van der Waals surface area contributed by atoms with Crippen LogP contribution in [0, 0.1) is 19.8 Å². The lowest BCUT2D eigenvalue weighted by atomic mass is 10.1. The number of halogens is 1. The summed E-state index contributed by atoms with van der Waals surface area (Å²) in [5.41, 5.74) is 7.76. The molecule has 1 amide bonds. The number of nitrogens with zero attached hydrogens (tertiary/aromatic N) is 1. The molecule has 2 rings (SSSR count). The summed E-state index contributed by atoms with van der Waals surface area (Å²) in [7, 11) is 0. The molecular formula is C15H23ClN2O2. The van der Waals surface area contributed by atoms with Gasteiger partial charge >= 0.3 is 0 Å². The summed E-state index contributed by atoms with van der Waals surface area (Å²) in [6.45, 7) is 6.33. The third kappa shape index (κ3) is 3.87. The van der Waals surface area contributed by atoms with Crippen molar-refractivity contribution in [3.8, 4) is 5.75 Å². The normalized spacial score (nSPS) is 17.8. The Balaban J connectivity index is 0.00000200. The zero-order chi connectivity index (χ0) is 13.8. The number of rotatable bonds is 4. The molecule has 0 aromatic heterocycles. The number of hydrogen-bond donors (Lipinski definition) is 1. The molecule has 0 radical (unpaired) electrons. The molecule has 4 nitrogen and oxygen atoms in total. The molecule has 1 aromatic carbocycles. The van der Waals surface area contributed by atoms with Crippen molar-refractivity contribution in [3.63, 3.8) is 0 Å². The van der Waals surface area contributed by atoms with E-state index in [1.54, 1.807) is 0 Å². The fraction of sp³-hybridized carbons (Fsp3) is 0.533. The lowest BCUT2D eigenvalue weighted by Gasteiger charge is -2.18. The minimum atomic E-state index is 0. The van der Waals surface area contributed by atoms with Crippen molar-refractivity contribution in [2.75, 3.05) is 26.2 Å². The molecular weight excluding hydrogens is 276 g/mol. The van der Waals surface area contributed by atoms with Gasteiger partial charge in [0.05, 0.1) is 0 Å². The summed E-state index contributed by atoms with van der Waals surface area (Å²) < 4.78 is 5.69. The molecule has 1 aliphatic rings. The fourth-order valence-corrected chi connectivity index (χ4v) is 2.50. The van der Waals surface area contributed by atoms with Gasteiger partial charge in [-0.3, -0.25) is 4.79 Å². The molecule has 0 saturated carbocycles. The largest absolute Gasteiger partial charge is 0.483 e. The summed E-state index contributed by atoms with van der Waals surface area (Å²) >= 11 is 0. The SMILES string of the molecule is Cc1cccc(C)c1OCC(=O)N1CCC(CN)C1.Cl. The average molecular weight is 299 g/mol. The van der Waals surface area contributed by atoms with Crippen molar-refractivity contribution in [3.05, 3.63) is 29.3 Å². The number of benzene rings is 1. The number of hydrogen-bond acceptors (Lipinski definition) is 3. The molecule has 1 saturated heterocycles. The highest BCUT2D eigenvalue weighted by atomic mass is 35.5. The van der Waals surface area contributed by atoms with Crippen molar-refractivity contribution in [2.24, 2.45) is 11.7 Å². The average Bonchev–Trinajstić information content (AvgIpc) is 2.86. The summed E-state index contributed by atoms with van der Waals surface area (Å²) in [6.07, 6.45) is 1.01. The molecule has 1 heterocycles.